The first-order valence-electron chi connectivity index (χ1n) is 35.1. The Morgan fingerprint density at radius 1 is 0.384 bits per heavy atom. The van der Waals surface area contributed by atoms with Gasteiger partial charge in [-0.3, -0.25) is 4.79 Å². The number of Topliss-reactive ketones (excluding diaryl/α,β-unsaturated/α-hetero) is 1. The number of carbonyl (C=O) groups excluding carboxylic acids is 1. The highest BCUT2D eigenvalue weighted by Crippen LogP contribution is 2.53. The molecule has 4 heteroatoms. The van der Waals surface area contributed by atoms with Crippen LogP contribution in [-0.2, 0) is 44.1 Å². The number of allylic oxidation sites excluding steroid dienone is 1. The summed E-state index contributed by atoms with van der Waals surface area (Å²) >= 11 is 0. The van der Waals surface area contributed by atoms with Crippen LogP contribution in [0.25, 0.3) is 98.5 Å². The number of phenols is 1. The number of benzene rings is 15. The summed E-state index contributed by atoms with van der Waals surface area (Å²) in [5.74, 6) is 1.68. The molecular formula is C95H75NO3. The Hall–Kier alpha value is -11.6. The van der Waals surface area contributed by atoms with E-state index in [1.54, 1.807) is 0 Å². The van der Waals surface area contributed by atoms with Crippen molar-refractivity contribution in [3.8, 4) is 33.8 Å². The lowest BCUT2D eigenvalue weighted by atomic mass is 9.76. The topological polar surface area (TPSA) is 49.8 Å². The van der Waals surface area contributed by atoms with E-state index < -0.39 is 5.60 Å². The molecule has 0 saturated carbocycles. The fraction of sp³-hybridized carbons (Fsp3) is 0.126. The lowest BCUT2D eigenvalue weighted by Crippen LogP contribution is -2.34. The predicted molar refractivity (Wildman–Crippen MR) is 415 cm³/mol. The largest absolute Gasteiger partial charge is 0.507 e. The summed E-state index contributed by atoms with van der Waals surface area (Å²) in [7, 11) is 4.15. The Bertz CT molecular complexity index is 5740. The van der Waals surface area contributed by atoms with Gasteiger partial charge in [-0.25, -0.2) is 0 Å². The molecule has 4 aliphatic carbocycles. The van der Waals surface area contributed by atoms with Crippen LogP contribution in [-0.4, -0.2) is 25.0 Å². The Morgan fingerprint density at radius 2 is 0.838 bits per heavy atom. The maximum Gasteiger partial charge on any atom is 0.178 e. The molecule has 15 aromatic rings. The first-order valence-corrected chi connectivity index (χ1v) is 35.1. The number of phenolic OH excluding ortho intramolecular Hbond substituents is 1. The monoisotopic (exact) mass is 1280 g/mol. The molecule has 0 fully saturated rings. The molecule has 15 aromatic carbocycles. The molecule has 0 bridgehead atoms. The van der Waals surface area contributed by atoms with Crippen LogP contribution in [0.15, 0.2) is 297 Å². The number of anilines is 1. The average molecular weight is 1280 g/mol. The van der Waals surface area contributed by atoms with Gasteiger partial charge in [-0.1, -0.05) is 279 Å². The molecule has 20 rings (SSSR count). The highest BCUT2D eigenvalue weighted by molar-refractivity contribution is 6.09. The second-order valence-corrected chi connectivity index (χ2v) is 27.1. The van der Waals surface area contributed by atoms with E-state index in [4.69, 9.17) is 4.74 Å². The molecule has 1 unspecified atom stereocenters. The van der Waals surface area contributed by atoms with Crippen molar-refractivity contribution in [3.05, 3.63) is 364 Å². The maximum absolute atomic E-state index is 11.7. The van der Waals surface area contributed by atoms with Crippen molar-refractivity contribution in [2.45, 2.75) is 63.4 Å². The van der Waals surface area contributed by atoms with E-state index in [-0.39, 0.29) is 0 Å². The van der Waals surface area contributed by atoms with Gasteiger partial charge in [-0.05, 0) is 202 Å². The predicted octanol–water partition coefficient (Wildman–Crippen LogP) is 23.2. The first-order chi connectivity index (χ1) is 48.8. The van der Waals surface area contributed by atoms with E-state index in [0.717, 1.165) is 90.0 Å². The first kappa shape index (κ1) is 61.0. The quantitative estimate of drug-likeness (QED) is 0.191. The summed E-state index contributed by atoms with van der Waals surface area (Å²) < 4.78 is 7.33. The second kappa shape index (κ2) is 25.8. The molecule has 1 atom stereocenters. The molecule has 0 radical (unpaired) electrons. The molecule has 0 spiro atoms. The SMILES string of the molecule is C1=C(c2ccccc2)c2ccc3ccccc3c2CC1.CN(C)c1ccc(C2(c3ccccc3)C=Cc3c4c(c5ccccc5c3O2)-c2ccc3ccccc3c2CC4)cc1.O=C1CCCc2c1ccc1ccccc21.Oc1cc2c(c3ccccc13)-c1ccc3ccccc3c1CC2. The van der Waals surface area contributed by atoms with Crippen LogP contribution in [0, 0.1) is 0 Å². The summed E-state index contributed by atoms with van der Waals surface area (Å²) in [6, 6.07) is 101. The van der Waals surface area contributed by atoms with Crippen molar-refractivity contribution >= 4 is 87.8 Å². The third kappa shape index (κ3) is 10.9. The van der Waals surface area contributed by atoms with E-state index in [1.165, 1.54) is 132 Å². The van der Waals surface area contributed by atoms with Gasteiger partial charge < -0.3 is 14.7 Å². The third-order valence-corrected chi connectivity index (χ3v) is 21.4. The fourth-order valence-electron chi connectivity index (χ4n) is 16.7. The van der Waals surface area contributed by atoms with Crippen molar-refractivity contribution in [2.75, 3.05) is 19.0 Å². The molecule has 0 aromatic heterocycles. The molecule has 1 aliphatic heterocycles. The van der Waals surface area contributed by atoms with E-state index >= 15 is 0 Å². The Balaban J connectivity index is 0.000000107. The van der Waals surface area contributed by atoms with Gasteiger partial charge >= 0.3 is 0 Å². The summed E-state index contributed by atoms with van der Waals surface area (Å²) in [5.41, 5.74) is 22.6. The molecule has 5 aliphatic rings. The van der Waals surface area contributed by atoms with Crippen LogP contribution in [0.4, 0.5) is 5.69 Å². The van der Waals surface area contributed by atoms with Gasteiger partial charge in [-0.2, -0.15) is 0 Å². The maximum atomic E-state index is 11.7. The summed E-state index contributed by atoms with van der Waals surface area (Å²) in [6.45, 7) is 0. The number of hydrogen-bond acceptors (Lipinski definition) is 4. The zero-order chi connectivity index (χ0) is 66.6. The van der Waals surface area contributed by atoms with Crippen molar-refractivity contribution in [3.63, 3.8) is 0 Å². The molecule has 478 valence electrons. The minimum atomic E-state index is -0.723. The summed E-state index contributed by atoms with van der Waals surface area (Å²) in [6.07, 6.45) is 16.1. The Morgan fingerprint density at radius 3 is 1.43 bits per heavy atom. The third-order valence-electron chi connectivity index (χ3n) is 21.4. The van der Waals surface area contributed by atoms with E-state index in [0.29, 0.717) is 18.0 Å². The van der Waals surface area contributed by atoms with Crippen LogP contribution in [0.3, 0.4) is 0 Å². The number of ether oxygens (including phenoxy) is 1. The van der Waals surface area contributed by atoms with Gasteiger partial charge in [0.2, 0.25) is 0 Å². The van der Waals surface area contributed by atoms with Crippen LogP contribution in [0.2, 0.25) is 0 Å². The molecular weight excluding hydrogens is 1200 g/mol. The van der Waals surface area contributed by atoms with Gasteiger partial charge in [0.25, 0.3) is 0 Å². The minimum absolute atomic E-state index is 0.307. The van der Waals surface area contributed by atoms with Gasteiger partial charge in [0.15, 0.2) is 11.4 Å². The van der Waals surface area contributed by atoms with Crippen molar-refractivity contribution in [1.82, 2.24) is 0 Å². The van der Waals surface area contributed by atoms with Crippen LogP contribution >= 0.6 is 0 Å². The number of carbonyl (C=O) groups is 1. The van der Waals surface area contributed by atoms with Crippen LogP contribution < -0.4 is 9.64 Å². The molecule has 0 saturated heterocycles. The summed E-state index contributed by atoms with van der Waals surface area (Å²) in [5, 5.41) is 25.5. The molecule has 1 heterocycles. The lowest BCUT2D eigenvalue weighted by Gasteiger charge is -2.38. The minimum Gasteiger partial charge on any atom is -0.507 e. The summed E-state index contributed by atoms with van der Waals surface area (Å²) in [4.78, 5) is 13.9. The zero-order valence-electron chi connectivity index (χ0n) is 55.9. The number of nitrogens with zero attached hydrogens (tertiary/aromatic N) is 1. The number of ketones is 1. The number of aryl methyl sites for hydroxylation is 5. The number of aromatic hydroxyl groups is 1. The van der Waals surface area contributed by atoms with Crippen LogP contribution in [0.5, 0.6) is 11.5 Å². The fourth-order valence-corrected chi connectivity index (χ4v) is 16.7. The molecule has 99 heavy (non-hydrogen) atoms. The average Bonchev–Trinajstić information content (AvgIpc) is 0.706. The standard InChI is InChI=1S/C39H31NO.C22H16O.C20H16.C14H12O/c1-40(2)29-19-17-28(18-20-29)39(27-11-4-3-5-12-27)25-24-36-34-23-22-31-30-13-7-6-10-26(30)16-21-33(31)37(34)32-14-8-9-15-35(32)38(36)41-39;23-21-13-15-10-11-17-16-6-2-1-5-14(16)9-12-20(17)22(15)19-8-4-3-7-18(19)21;1-2-7-15(8-3-1)18-11-6-12-19-17-10-5-4-9-16(17)13-14-20(18)19;15-14-7-3-6-12-11-5-2-1-4-10(11)8-9-13(12)14/h3-21,24-25H,22-23H2,1-2H3;1-9,12-13,23H,10-11H2;1-5,7-11,13-14H,6,12H2;1-2,4-5,8-9H,3,6-7H2. The number of hydrogen-bond donors (Lipinski definition) is 1. The highest BCUT2D eigenvalue weighted by atomic mass is 16.5. The molecule has 0 amide bonds. The Labute approximate surface area is 579 Å². The van der Waals surface area contributed by atoms with E-state index in [1.807, 2.05) is 36.4 Å². The van der Waals surface area contributed by atoms with E-state index in [9.17, 15) is 9.90 Å². The van der Waals surface area contributed by atoms with Gasteiger partial charge in [0.05, 0.1) is 0 Å². The van der Waals surface area contributed by atoms with Gasteiger partial charge in [0, 0.05) is 59.2 Å². The molecule has 1 N–H and O–H groups in total. The molecule has 4 nitrogen and oxygen atoms in total. The normalized spacial score (nSPS) is 15.2. The van der Waals surface area contributed by atoms with Gasteiger partial charge in [-0.15, -0.1) is 0 Å². The van der Waals surface area contributed by atoms with Crippen molar-refractivity contribution < 1.29 is 14.6 Å². The number of rotatable bonds is 4. The van der Waals surface area contributed by atoms with E-state index in [2.05, 4.69) is 286 Å². The second-order valence-electron chi connectivity index (χ2n) is 27.1. The zero-order valence-corrected chi connectivity index (χ0v) is 55.9. The Kier molecular flexibility index (Phi) is 15.9. The highest BCUT2D eigenvalue weighted by Gasteiger charge is 2.40. The van der Waals surface area contributed by atoms with Gasteiger partial charge in [0.1, 0.15) is 11.5 Å². The van der Waals surface area contributed by atoms with Crippen molar-refractivity contribution in [2.24, 2.45) is 0 Å². The van der Waals surface area contributed by atoms with Crippen molar-refractivity contribution in [1.29, 1.82) is 0 Å². The lowest BCUT2D eigenvalue weighted by molar-refractivity contribution is 0.0972. The number of fused-ring (bicyclic) bond motifs is 23. The smallest absolute Gasteiger partial charge is 0.178 e. The van der Waals surface area contributed by atoms with Crippen LogP contribution in [0.1, 0.15) is 90.8 Å².